The molecular formula is C48H30F2N2. The van der Waals surface area contributed by atoms with E-state index in [2.05, 4.69) is 143 Å². The molecule has 246 valence electrons. The molecule has 0 saturated heterocycles. The monoisotopic (exact) mass is 672 g/mol. The second-order valence-electron chi connectivity index (χ2n) is 13.3. The van der Waals surface area contributed by atoms with E-state index in [1.165, 1.54) is 46.1 Å². The molecule has 0 radical (unpaired) electrons. The van der Waals surface area contributed by atoms with Crippen LogP contribution in [0.3, 0.4) is 0 Å². The van der Waals surface area contributed by atoms with Crippen molar-refractivity contribution in [2.75, 3.05) is 0 Å². The largest absolute Gasteiger partial charge is 0.309 e. The van der Waals surface area contributed by atoms with Gasteiger partial charge in [0.25, 0.3) is 0 Å². The van der Waals surface area contributed by atoms with Crippen molar-refractivity contribution in [3.8, 4) is 44.8 Å². The summed E-state index contributed by atoms with van der Waals surface area (Å²) in [6.45, 7) is 0. The van der Waals surface area contributed by atoms with E-state index in [0.29, 0.717) is 0 Å². The fourth-order valence-corrected chi connectivity index (χ4v) is 7.83. The minimum Gasteiger partial charge on any atom is -0.309 e. The number of fused-ring (bicyclic) bond motifs is 6. The summed E-state index contributed by atoms with van der Waals surface area (Å²) in [4.78, 5) is 0. The minimum atomic E-state index is -0.285. The third-order valence-electron chi connectivity index (χ3n) is 10.3. The van der Waals surface area contributed by atoms with E-state index in [0.717, 1.165) is 66.6 Å². The normalized spacial score (nSPS) is 11.7. The molecule has 0 aliphatic carbocycles. The van der Waals surface area contributed by atoms with Crippen LogP contribution < -0.4 is 0 Å². The lowest BCUT2D eigenvalue weighted by Gasteiger charge is -2.16. The Bertz CT molecular complexity index is 2950. The number of nitrogens with zero attached hydrogens (tertiary/aromatic N) is 2. The lowest BCUT2D eigenvalue weighted by molar-refractivity contribution is 0.627. The molecule has 0 aliphatic rings. The Labute approximate surface area is 299 Å². The third-order valence-corrected chi connectivity index (χ3v) is 10.3. The summed E-state index contributed by atoms with van der Waals surface area (Å²) in [6.07, 6.45) is 0. The maximum absolute atomic E-state index is 14.2. The van der Waals surface area contributed by atoms with Crippen molar-refractivity contribution < 1.29 is 8.78 Å². The molecule has 8 aromatic carbocycles. The highest BCUT2D eigenvalue weighted by Gasteiger charge is 2.18. The zero-order valence-corrected chi connectivity index (χ0v) is 28.0. The molecule has 2 aromatic heterocycles. The van der Waals surface area contributed by atoms with Gasteiger partial charge in [0.2, 0.25) is 0 Å². The van der Waals surface area contributed by atoms with Crippen molar-refractivity contribution in [3.63, 3.8) is 0 Å². The molecule has 2 nitrogen and oxygen atoms in total. The topological polar surface area (TPSA) is 9.86 Å². The van der Waals surface area contributed by atoms with Crippen molar-refractivity contribution >= 4 is 43.6 Å². The van der Waals surface area contributed by atoms with E-state index < -0.39 is 0 Å². The first-order valence-corrected chi connectivity index (χ1v) is 17.4. The van der Waals surface area contributed by atoms with Gasteiger partial charge in [0.1, 0.15) is 11.6 Å². The Kier molecular flexibility index (Phi) is 6.90. The molecule has 10 rings (SSSR count). The van der Waals surface area contributed by atoms with Gasteiger partial charge in [-0.1, -0.05) is 97.1 Å². The highest BCUT2D eigenvalue weighted by atomic mass is 19.1. The molecule has 0 saturated carbocycles. The van der Waals surface area contributed by atoms with Gasteiger partial charge in [-0.15, -0.1) is 0 Å². The average molecular weight is 673 g/mol. The van der Waals surface area contributed by atoms with Crippen LogP contribution >= 0.6 is 0 Å². The molecule has 0 spiro atoms. The van der Waals surface area contributed by atoms with Gasteiger partial charge >= 0.3 is 0 Å². The van der Waals surface area contributed by atoms with Crippen LogP contribution in [0.4, 0.5) is 8.78 Å². The second kappa shape index (κ2) is 11.9. The van der Waals surface area contributed by atoms with Gasteiger partial charge in [-0.2, -0.15) is 0 Å². The maximum Gasteiger partial charge on any atom is 0.123 e. The molecule has 2 heterocycles. The van der Waals surface area contributed by atoms with E-state index >= 15 is 0 Å². The first-order chi connectivity index (χ1) is 25.6. The van der Waals surface area contributed by atoms with Crippen molar-refractivity contribution in [3.05, 3.63) is 194 Å². The Morgan fingerprint density at radius 1 is 0.308 bits per heavy atom. The number of benzene rings is 8. The molecule has 0 atom stereocenters. The highest BCUT2D eigenvalue weighted by Crippen LogP contribution is 2.41. The predicted octanol–water partition coefficient (Wildman–Crippen LogP) is 13.2. The van der Waals surface area contributed by atoms with E-state index in [4.69, 9.17) is 0 Å². The molecule has 0 unspecified atom stereocenters. The van der Waals surface area contributed by atoms with Gasteiger partial charge in [0.05, 0.1) is 27.8 Å². The summed E-state index contributed by atoms with van der Waals surface area (Å²) in [6, 6.07) is 60.6. The van der Waals surface area contributed by atoms with Crippen molar-refractivity contribution in [2.45, 2.75) is 0 Å². The van der Waals surface area contributed by atoms with E-state index in [1.807, 2.05) is 12.1 Å². The molecule has 4 heteroatoms. The van der Waals surface area contributed by atoms with Crippen LogP contribution in [0.1, 0.15) is 0 Å². The fraction of sp³-hybridized carbons (Fsp3) is 0. The molecule has 10 aromatic rings. The molecule has 0 amide bonds. The first-order valence-electron chi connectivity index (χ1n) is 17.4. The SMILES string of the molecule is Fc1ccc(-c2ccc(-n3c4ccccc4c4cc(-c5ccc6c(c5)c5ccccc5n6-c5ccccc5)ccc43)c(-c3ccc(F)cc3)c2)cc1. The number of halogens is 2. The average Bonchev–Trinajstić information content (AvgIpc) is 3.71. The minimum absolute atomic E-state index is 0.275. The number of rotatable bonds is 5. The fourth-order valence-electron chi connectivity index (χ4n) is 7.83. The van der Waals surface area contributed by atoms with Gasteiger partial charge in [-0.05, 0) is 113 Å². The van der Waals surface area contributed by atoms with E-state index in [1.54, 1.807) is 12.1 Å². The number of hydrogen-bond acceptors (Lipinski definition) is 0. The molecule has 0 aliphatic heterocycles. The summed E-state index contributed by atoms with van der Waals surface area (Å²) in [5.74, 6) is -0.560. The number of aromatic nitrogens is 2. The summed E-state index contributed by atoms with van der Waals surface area (Å²) in [5.41, 5.74) is 12.6. The smallest absolute Gasteiger partial charge is 0.123 e. The van der Waals surface area contributed by atoms with E-state index in [-0.39, 0.29) is 11.6 Å². The first kappa shape index (κ1) is 30.1. The number of para-hydroxylation sites is 3. The Morgan fingerprint density at radius 3 is 1.37 bits per heavy atom. The van der Waals surface area contributed by atoms with Gasteiger partial charge < -0.3 is 9.13 Å². The summed E-state index contributed by atoms with van der Waals surface area (Å²) < 4.78 is 32.6. The van der Waals surface area contributed by atoms with Gasteiger partial charge in [-0.3, -0.25) is 0 Å². The molecule has 0 N–H and O–H groups in total. The van der Waals surface area contributed by atoms with Crippen molar-refractivity contribution in [1.29, 1.82) is 0 Å². The summed E-state index contributed by atoms with van der Waals surface area (Å²) in [5, 5.41) is 4.73. The molecule has 0 bridgehead atoms. The Morgan fingerprint density at radius 2 is 0.750 bits per heavy atom. The van der Waals surface area contributed by atoms with Gasteiger partial charge in [0.15, 0.2) is 0 Å². The summed E-state index contributed by atoms with van der Waals surface area (Å²) in [7, 11) is 0. The van der Waals surface area contributed by atoms with Crippen LogP contribution in [0.25, 0.3) is 88.4 Å². The Balaban J connectivity index is 1.17. The zero-order valence-electron chi connectivity index (χ0n) is 28.0. The van der Waals surface area contributed by atoms with Crippen LogP contribution in [0, 0.1) is 11.6 Å². The molecule has 52 heavy (non-hydrogen) atoms. The standard InChI is InChI=1S/C48H30F2N2/c49-36-21-14-31(15-22-36)33-18-25-46(41(28-33)32-16-23-37(50)24-17-32)52-45-13-7-5-11-40(45)43-30-35(20-27-48(43)52)34-19-26-47-42(29-34)39-10-4-6-12-44(39)51(47)38-8-2-1-3-9-38/h1-30H. The third kappa shape index (κ3) is 4.84. The van der Waals surface area contributed by atoms with Gasteiger partial charge in [0, 0.05) is 32.8 Å². The quantitative estimate of drug-likeness (QED) is 0.172. The number of hydrogen-bond donors (Lipinski definition) is 0. The van der Waals surface area contributed by atoms with Crippen LogP contribution in [-0.2, 0) is 0 Å². The van der Waals surface area contributed by atoms with Crippen LogP contribution in [0.5, 0.6) is 0 Å². The predicted molar refractivity (Wildman–Crippen MR) is 211 cm³/mol. The van der Waals surface area contributed by atoms with Crippen molar-refractivity contribution in [2.24, 2.45) is 0 Å². The second-order valence-corrected chi connectivity index (χ2v) is 13.3. The zero-order chi connectivity index (χ0) is 34.8. The highest BCUT2D eigenvalue weighted by molar-refractivity contribution is 6.13. The van der Waals surface area contributed by atoms with Crippen LogP contribution in [-0.4, -0.2) is 9.13 Å². The lowest BCUT2D eigenvalue weighted by Crippen LogP contribution is -1.98. The maximum atomic E-state index is 14.2. The van der Waals surface area contributed by atoms with Crippen LogP contribution in [0.2, 0.25) is 0 Å². The van der Waals surface area contributed by atoms with Gasteiger partial charge in [-0.25, -0.2) is 8.78 Å². The van der Waals surface area contributed by atoms with Crippen molar-refractivity contribution in [1.82, 2.24) is 9.13 Å². The summed E-state index contributed by atoms with van der Waals surface area (Å²) >= 11 is 0. The molecule has 0 fully saturated rings. The lowest BCUT2D eigenvalue weighted by atomic mass is 9.97. The molecular weight excluding hydrogens is 643 g/mol. The Hall–Kier alpha value is -6.78. The van der Waals surface area contributed by atoms with E-state index in [9.17, 15) is 8.78 Å². The van der Waals surface area contributed by atoms with Crippen LogP contribution in [0.15, 0.2) is 182 Å².